The van der Waals surface area contributed by atoms with Crippen LogP contribution in [-0.2, 0) is 9.47 Å². The molecule has 0 aliphatic carbocycles. The first-order chi connectivity index (χ1) is 5.41. The van der Waals surface area contributed by atoms with E-state index in [2.05, 4.69) is 13.8 Å². The predicted octanol–water partition coefficient (Wildman–Crippen LogP) is 1.86. The Balaban J connectivity index is 2.69. The summed E-state index contributed by atoms with van der Waals surface area (Å²) >= 11 is 0. The van der Waals surface area contributed by atoms with Crippen molar-refractivity contribution in [3.63, 3.8) is 0 Å². The van der Waals surface area contributed by atoms with Crippen LogP contribution in [0.5, 0.6) is 0 Å². The molecule has 0 spiro atoms. The van der Waals surface area contributed by atoms with Gasteiger partial charge in [-0.1, -0.05) is 13.8 Å². The van der Waals surface area contributed by atoms with Crippen molar-refractivity contribution in [2.24, 2.45) is 0 Å². The first kappa shape index (κ1) is 10.9. The zero-order chi connectivity index (χ0) is 8.36. The first-order valence-corrected chi connectivity index (χ1v) is 4.15. The monoisotopic (exact) mass is 158 g/mol. The van der Waals surface area contributed by atoms with Crippen LogP contribution >= 0.6 is 0 Å². The van der Waals surface area contributed by atoms with Gasteiger partial charge >= 0.3 is 0 Å². The van der Waals surface area contributed by atoms with Crippen molar-refractivity contribution in [3.05, 3.63) is 13.8 Å². The van der Waals surface area contributed by atoms with Crippen LogP contribution in [0.4, 0.5) is 0 Å². The molecule has 0 amide bonds. The minimum Gasteiger partial charge on any atom is -0.381 e. The SMILES string of the molecule is [CH2]CCOCCCOCC[CH2]. The normalized spacial score (nSPS) is 10.4. The summed E-state index contributed by atoms with van der Waals surface area (Å²) in [5.74, 6) is 0. The fourth-order valence-electron chi connectivity index (χ4n) is 0.671. The molecule has 66 valence electrons. The summed E-state index contributed by atoms with van der Waals surface area (Å²) in [7, 11) is 0. The molecule has 0 bridgehead atoms. The van der Waals surface area contributed by atoms with Gasteiger partial charge in [-0.2, -0.15) is 0 Å². The van der Waals surface area contributed by atoms with E-state index in [-0.39, 0.29) is 0 Å². The Hall–Kier alpha value is -0.0800. The number of hydrogen-bond donors (Lipinski definition) is 0. The first-order valence-electron chi connectivity index (χ1n) is 4.15. The second-order valence-electron chi connectivity index (χ2n) is 2.29. The summed E-state index contributed by atoms with van der Waals surface area (Å²) in [5, 5.41) is 0. The molecule has 0 aromatic rings. The maximum absolute atomic E-state index is 5.20. The highest BCUT2D eigenvalue weighted by molar-refractivity contribution is 4.39. The molecule has 0 atom stereocenters. The summed E-state index contributed by atoms with van der Waals surface area (Å²) in [6, 6.07) is 0. The van der Waals surface area contributed by atoms with Gasteiger partial charge in [0.2, 0.25) is 0 Å². The molecule has 0 aromatic carbocycles. The van der Waals surface area contributed by atoms with E-state index in [0.717, 1.165) is 45.7 Å². The molecule has 2 nitrogen and oxygen atoms in total. The van der Waals surface area contributed by atoms with E-state index in [1.807, 2.05) is 0 Å². The molecular formula is C9H18O2. The topological polar surface area (TPSA) is 18.5 Å². The summed E-state index contributed by atoms with van der Waals surface area (Å²) in [5.41, 5.74) is 0. The number of rotatable bonds is 8. The lowest BCUT2D eigenvalue weighted by atomic mass is 10.4. The fourth-order valence-corrected chi connectivity index (χ4v) is 0.671. The van der Waals surface area contributed by atoms with Crippen LogP contribution in [0.2, 0.25) is 0 Å². The lowest BCUT2D eigenvalue weighted by Gasteiger charge is -2.02. The molecule has 11 heavy (non-hydrogen) atoms. The van der Waals surface area contributed by atoms with Gasteiger partial charge in [-0.25, -0.2) is 0 Å². The molecular weight excluding hydrogens is 140 g/mol. The molecule has 2 radical (unpaired) electrons. The maximum Gasteiger partial charge on any atom is 0.0487 e. The van der Waals surface area contributed by atoms with E-state index < -0.39 is 0 Å². The second kappa shape index (κ2) is 9.92. The quantitative estimate of drug-likeness (QED) is 0.502. The Labute approximate surface area is 69.9 Å². The second-order valence-corrected chi connectivity index (χ2v) is 2.29. The molecule has 0 rings (SSSR count). The van der Waals surface area contributed by atoms with E-state index in [4.69, 9.17) is 9.47 Å². The zero-order valence-electron chi connectivity index (χ0n) is 7.18. The van der Waals surface area contributed by atoms with Gasteiger partial charge < -0.3 is 9.47 Å². The van der Waals surface area contributed by atoms with E-state index in [1.54, 1.807) is 0 Å². The maximum atomic E-state index is 5.20. The molecule has 0 heterocycles. The largest absolute Gasteiger partial charge is 0.381 e. The van der Waals surface area contributed by atoms with Crippen LogP contribution in [-0.4, -0.2) is 26.4 Å². The predicted molar refractivity (Wildman–Crippen MR) is 46.2 cm³/mol. The van der Waals surface area contributed by atoms with Gasteiger partial charge in [0, 0.05) is 26.4 Å². The minimum absolute atomic E-state index is 0.759. The van der Waals surface area contributed by atoms with Gasteiger partial charge in [0.25, 0.3) is 0 Å². The Morgan fingerprint density at radius 1 is 0.727 bits per heavy atom. The summed E-state index contributed by atoms with van der Waals surface area (Å²) in [4.78, 5) is 0. The van der Waals surface area contributed by atoms with Gasteiger partial charge in [-0.05, 0) is 19.3 Å². The number of hydrogen-bond acceptors (Lipinski definition) is 2. The highest BCUT2D eigenvalue weighted by Crippen LogP contribution is 1.87. The van der Waals surface area contributed by atoms with Gasteiger partial charge in [-0.3, -0.25) is 0 Å². The Kier molecular flexibility index (Phi) is 9.85. The van der Waals surface area contributed by atoms with Crippen LogP contribution in [0.1, 0.15) is 19.3 Å². The van der Waals surface area contributed by atoms with Crippen molar-refractivity contribution in [2.45, 2.75) is 19.3 Å². The highest BCUT2D eigenvalue weighted by atomic mass is 16.5. The Morgan fingerprint density at radius 2 is 1.18 bits per heavy atom. The van der Waals surface area contributed by atoms with Gasteiger partial charge in [0.1, 0.15) is 0 Å². The van der Waals surface area contributed by atoms with Crippen molar-refractivity contribution in [3.8, 4) is 0 Å². The average Bonchev–Trinajstić information content (AvgIpc) is 2.03. The van der Waals surface area contributed by atoms with Crippen LogP contribution in [0.15, 0.2) is 0 Å². The molecule has 0 aromatic heterocycles. The summed E-state index contributed by atoms with van der Waals surface area (Å²) < 4.78 is 10.4. The lowest BCUT2D eigenvalue weighted by Crippen LogP contribution is -2.02. The van der Waals surface area contributed by atoms with Crippen LogP contribution in [0.3, 0.4) is 0 Å². The van der Waals surface area contributed by atoms with E-state index in [1.165, 1.54) is 0 Å². The molecule has 0 N–H and O–H groups in total. The summed E-state index contributed by atoms with van der Waals surface area (Å²) in [6.45, 7) is 10.4. The van der Waals surface area contributed by atoms with Crippen LogP contribution in [0.25, 0.3) is 0 Å². The van der Waals surface area contributed by atoms with Crippen LogP contribution < -0.4 is 0 Å². The molecule has 2 heteroatoms. The standard InChI is InChI=1S/C9H18O2/c1-3-6-10-8-5-9-11-7-4-2/h1-9H2. The van der Waals surface area contributed by atoms with Gasteiger partial charge in [-0.15, -0.1) is 0 Å². The fraction of sp³-hybridized carbons (Fsp3) is 0.778. The molecule has 0 saturated carbocycles. The Morgan fingerprint density at radius 3 is 1.55 bits per heavy atom. The minimum atomic E-state index is 0.759. The zero-order valence-corrected chi connectivity index (χ0v) is 7.18. The van der Waals surface area contributed by atoms with Crippen molar-refractivity contribution in [1.82, 2.24) is 0 Å². The molecule has 0 fully saturated rings. The van der Waals surface area contributed by atoms with Crippen molar-refractivity contribution in [1.29, 1.82) is 0 Å². The third-order valence-corrected chi connectivity index (χ3v) is 1.15. The molecule has 0 unspecified atom stereocenters. The van der Waals surface area contributed by atoms with E-state index in [9.17, 15) is 0 Å². The highest BCUT2D eigenvalue weighted by Gasteiger charge is 1.87. The van der Waals surface area contributed by atoms with Crippen LogP contribution in [0, 0.1) is 13.8 Å². The summed E-state index contributed by atoms with van der Waals surface area (Å²) in [6.07, 6.45) is 2.67. The average molecular weight is 158 g/mol. The smallest absolute Gasteiger partial charge is 0.0487 e. The van der Waals surface area contributed by atoms with Crippen molar-refractivity contribution >= 4 is 0 Å². The van der Waals surface area contributed by atoms with Crippen molar-refractivity contribution in [2.75, 3.05) is 26.4 Å². The molecule has 0 aliphatic rings. The van der Waals surface area contributed by atoms with E-state index >= 15 is 0 Å². The third-order valence-electron chi connectivity index (χ3n) is 1.15. The molecule has 0 aliphatic heterocycles. The lowest BCUT2D eigenvalue weighted by molar-refractivity contribution is 0.0862. The number of ether oxygens (including phenoxy) is 2. The van der Waals surface area contributed by atoms with Gasteiger partial charge in [0.05, 0.1) is 0 Å². The third kappa shape index (κ3) is 9.92. The van der Waals surface area contributed by atoms with E-state index in [0.29, 0.717) is 0 Å². The van der Waals surface area contributed by atoms with Crippen molar-refractivity contribution < 1.29 is 9.47 Å². The Bertz CT molecular complexity index is 56.6. The van der Waals surface area contributed by atoms with Gasteiger partial charge in [0.15, 0.2) is 0 Å². The molecule has 0 saturated heterocycles.